The lowest BCUT2D eigenvalue weighted by Gasteiger charge is -2.43. The number of aliphatic hydroxyl groups excluding tert-OH is 1. The Labute approximate surface area is 169 Å². The number of aliphatic hydroxyl groups is 1. The Morgan fingerprint density at radius 2 is 1.86 bits per heavy atom. The van der Waals surface area contributed by atoms with E-state index in [0.29, 0.717) is 36.9 Å². The van der Waals surface area contributed by atoms with Gasteiger partial charge < -0.3 is 15.1 Å². The smallest absolute Gasteiger partial charge is 0.252 e. The number of thiophene rings is 1. The third-order valence-electron chi connectivity index (χ3n) is 5.43. The van der Waals surface area contributed by atoms with E-state index in [-0.39, 0.29) is 17.9 Å². The molecule has 2 aromatic rings. The zero-order chi connectivity index (χ0) is 19.7. The van der Waals surface area contributed by atoms with E-state index in [1.807, 2.05) is 12.1 Å². The molecule has 0 amide bonds. The van der Waals surface area contributed by atoms with Crippen molar-refractivity contribution in [3.63, 3.8) is 0 Å². The van der Waals surface area contributed by atoms with Crippen molar-refractivity contribution in [1.29, 1.82) is 0 Å². The molecule has 2 atom stereocenters. The van der Waals surface area contributed by atoms with Gasteiger partial charge >= 0.3 is 0 Å². The highest BCUT2D eigenvalue weighted by molar-refractivity contribution is 7.91. The average Bonchev–Trinajstić information content (AvgIpc) is 3.35. The number of anilines is 1. The van der Waals surface area contributed by atoms with Gasteiger partial charge in [0.1, 0.15) is 9.96 Å². The van der Waals surface area contributed by atoms with Crippen molar-refractivity contribution in [2.75, 3.05) is 44.2 Å². The number of phenols is 1. The highest BCUT2D eigenvalue weighted by Crippen LogP contribution is 2.28. The first kappa shape index (κ1) is 19.7. The summed E-state index contributed by atoms with van der Waals surface area (Å²) in [5, 5.41) is 21.2. The predicted molar refractivity (Wildman–Crippen MR) is 109 cm³/mol. The van der Waals surface area contributed by atoms with Crippen LogP contribution in [0.4, 0.5) is 5.69 Å². The minimum Gasteiger partial charge on any atom is -0.508 e. The number of β-amino-alcohol motifs (C(OH)–C–C–N with tert-alkyl or cyclic N) is 1. The molecule has 0 spiro atoms. The number of piperazine rings is 1. The molecule has 7 nitrogen and oxygen atoms in total. The fraction of sp³-hybridized carbons (Fsp3) is 0.474. The quantitative estimate of drug-likeness (QED) is 0.756. The van der Waals surface area contributed by atoms with E-state index in [2.05, 4.69) is 9.80 Å². The van der Waals surface area contributed by atoms with Gasteiger partial charge in [0.05, 0.1) is 12.1 Å². The van der Waals surface area contributed by atoms with Crippen LogP contribution in [-0.2, 0) is 10.0 Å². The normalized spacial score (nSPS) is 24.7. The third kappa shape index (κ3) is 4.04. The maximum Gasteiger partial charge on any atom is 0.252 e. The van der Waals surface area contributed by atoms with Crippen LogP contribution in [0.15, 0.2) is 46.0 Å². The van der Waals surface area contributed by atoms with Gasteiger partial charge in [0, 0.05) is 45.0 Å². The fourth-order valence-corrected chi connectivity index (χ4v) is 6.61. The van der Waals surface area contributed by atoms with Crippen LogP contribution in [0.3, 0.4) is 0 Å². The summed E-state index contributed by atoms with van der Waals surface area (Å²) >= 11 is 1.24. The lowest BCUT2D eigenvalue weighted by molar-refractivity contribution is 0.170. The molecule has 2 N–H and O–H groups in total. The zero-order valence-corrected chi connectivity index (χ0v) is 17.1. The van der Waals surface area contributed by atoms with Crippen LogP contribution in [0.1, 0.15) is 6.42 Å². The molecule has 4 rings (SSSR count). The second-order valence-corrected chi connectivity index (χ2v) is 10.5. The number of nitrogens with zero attached hydrogens (tertiary/aromatic N) is 3. The Morgan fingerprint density at radius 3 is 2.50 bits per heavy atom. The van der Waals surface area contributed by atoms with Gasteiger partial charge in [0.25, 0.3) is 10.0 Å². The van der Waals surface area contributed by atoms with E-state index < -0.39 is 10.0 Å². The Kier molecular flexibility index (Phi) is 5.62. The minimum atomic E-state index is -3.49. The van der Waals surface area contributed by atoms with Gasteiger partial charge in [-0.1, -0.05) is 6.07 Å². The van der Waals surface area contributed by atoms with Gasteiger partial charge in [0.2, 0.25) is 0 Å². The number of sulfonamides is 1. The second kappa shape index (κ2) is 8.00. The standard InChI is InChI=1S/C19H25N3O4S2/c23-17-5-3-15(4-6-17)22-10-9-21(28(25,26)19-2-1-11-27-19)13-16(22)12-20-8-7-18(24)14-20/h1-6,11,16,18,23-24H,7-10,12-14H2/t16-,18-/m1/s1. The van der Waals surface area contributed by atoms with Crippen molar-refractivity contribution in [1.82, 2.24) is 9.21 Å². The Balaban J connectivity index is 1.57. The largest absolute Gasteiger partial charge is 0.508 e. The molecule has 2 saturated heterocycles. The van der Waals surface area contributed by atoms with E-state index >= 15 is 0 Å². The first-order valence-corrected chi connectivity index (χ1v) is 11.8. The number of hydrogen-bond donors (Lipinski definition) is 2. The highest BCUT2D eigenvalue weighted by atomic mass is 32.2. The van der Waals surface area contributed by atoms with Crippen LogP contribution in [0.2, 0.25) is 0 Å². The topological polar surface area (TPSA) is 84.3 Å². The second-order valence-electron chi connectivity index (χ2n) is 7.36. The Bertz CT molecular complexity index is 886. The van der Waals surface area contributed by atoms with E-state index in [1.165, 1.54) is 11.3 Å². The number of rotatable bonds is 5. The fourth-order valence-electron chi connectivity index (χ4n) is 4.00. The highest BCUT2D eigenvalue weighted by Gasteiger charge is 2.36. The number of benzene rings is 1. The van der Waals surface area contributed by atoms with Crippen molar-refractivity contribution >= 4 is 27.0 Å². The first-order valence-electron chi connectivity index (χ1n) is 9.43. The number of phenolic OH excluding ortho intramolecular Hbond substituents is 1. The average molecular weight is 424 g/mol. The molecule has 152 valence electrons. The molecule has 9 heteroatoms. The number of aromatic hydroxyl groups is 1. The van der Waals surface area contributed by atoms with Gasteiger partial charge in [-0.25, -0.2) is 8.42 Å². The summed E-state index contributed by atoms with van der Waals surface area (Å²) in [4.78, 5) is 4.41. The first-order chi connectivity index (χ1) is 13.4. The van der Waals surface area contributed by atoms with Gasteiger partial charge in [-0.2, -0.15) is 4.31 Å². The van der Waals surface area contributed by atoms with Gasteiger partial charge in [-0.15, -0.1) is 11.3 Å². The molecular weight excluding hydrogens is 398 g/mol. The van der Waals surface area contributed by atoms with Crippen molar-refractivity contribution in [3.8, 4) is 5.75 Å². The maximum atomic E-state index is 13.0. The lowest BCUT2D eigenvalue weighted by atomic mass is 10.1. The van der Waals surface area contributed by atoms with Crippen LogP contribution in [0, 0.1) is 0 Å². The number of likely N-dealkylation sites (tertiary alicyclic amines) is 1. The molecule has 2 aliphatic rings. The molecule has 0 saturated carbocycles. The van der Waals surface area contributed by atoms with E-state index in [1.54, 1.807) is 34.0 Å². The minimum absolute atomic E-state index is 0.0293. The van der Waals surface area contributed by atoms with Crippen LogP contribution in [0.25, 0.3) is 0 Å². The van der Waals surface area contributed by atoms with Crippen LogP contribution in [0.5, 0.6) is 5.75 Å². The van der Waals surface area contributed by atoms with Crippen LogP contribution in [-0.4, -0.2) is 79.3 Å². The van der Waals surface area contributed by atoms with Crippen molar-refractivity contribution in [3.05, 3.63) is 41.8 Å². The number of hydrogen-bond acceptors (Lipinski definition) is 7. The molecule has 3 heterocycles. The summed E-state index contributed by atoms with van der Waals surface area (Å²) < 4.78 is 28.0. The van der Waals surface area contributed by atoms with E-state index in [0.717, 1.165) is 18.7 Å². The summed E-state index contributed by atoms with van der Waals surface area (Å²) in [5.41, 5.74) is 0.968. The van der Waals surface area contributed by atoms with Crippen LogP contribution >= 0.6 is 11.3 Å². The Hall–Kier alpha value is -1.65. The van der Waals surface area contributed by atoms with Crippen molar-refractivity contribution in [2.24, 2.45) is 0 Å². The molecular formula is C19H25N3O4S2. The van der Waals surface area contributed by atoms with Crippen molar-refractivity contribution in [2.45, 2.75) is 22.8 Å². The molecule has 2 fully saturated rings. The third-order valence-corrected chi connectivity index (χ3v) is 8.67. The van der Waals surface area contributed by atoms with Gasteiger partial charge in [-0.05, 0) is 42.1 Å². The summed E-state index contributed by atoms with van der Waals surface area (Å²) in [6.45, 7) is 3.52. The molecule has 28 heavy (non-hydrogen) atoms. The summed E-state index contributed by atoms with van der Waals surface area (Å²) in [5.74, 6) is 0.210. The summed E-state index contributed by atoms with van der Waals surface area (Å²) in [6, 6.07) is 10.4. The molecule has 0 bridgehead atoms. The molecule has 1 aromatic carbocycles. The Morgan fingerprint density at radius 1 is 1.07 bits per heavy atom. The van der Waals surface area contributed by atoms with Crippen LogP contribution < -0.4 is 4.90 Å². The summed E-state index contributed by atoms with van der Waals surface area (Å²) in [6.07, 6.45) is 0.444. The maximum absolute atomic E-state index is 13.0. The SMILES string of the molecule is O=S(=O)(c1cccs1)N1CCN(c2ccc(O)cc2)[C@H](CN2CC[C@@H](O)C2)C1. The zero-order valence-electron chi connectivity index (χ0n) is 15.5. The lowest BCUT2D eigenvalue weighted by Crippen LogP contribution is -2.58. The molecule has 0 radical (unpaired) electrons. The molecule has 0 aliphatic carbocycles. The predicted octanol–water partition coefficient (Wildman–Crippen LogP) is 1.40. The molecule has 2 aliphatic heterocycles. The van der Waals surface area contributed by atoms with Gasteiger partial charge in [-0.3, -0.25) is 4.90 Å². The summed E-state index contributed by atoms with van der Waals surface area (Å²) in [7, 11) is -3.49. The van der Waals surface area contributed by atoms with Crippen molar-refractivity contribution < 1.29 is 18.6 Å². The monoisotopic (exact) mass is 423 g/mol. The van der Waals surface area contributed by atoms with E-state index in [9.17, 15) is 18.6 Å². The van der Waals surface area contributed by atoms with Gasteiger partial charge in [0.15, 0.2) is 0 Å². The molecule has 1 aromatic heterocycles. The van der Waals surface area contributed by atoms with E-state index in [4.69, 9.17) is 0 Å². The molecule has 0 unspecified atom stereocenters.